The minimum atomic E-state index is -0.275. The predicted molar refractivity (Wildman–Crippen MR) is 97.8 cm³/mol. The van der Waals surface area contributed by atoms with Crippen molar-refractivity contribution in [3.63, 3.8) is 0 Å². The van der Waals surface area contributed by atoms with Crippen molar-refractivity contribution in [3.05, 3.63) is 28.6 Å². The number of carbonyl (C=O) groups is 1. The Labute approximate surface area is 150 Å². The summed E-state index contributed by atoms with van der Waals surface area (Å²) in [5.74, 6) is 0.200. The maximum atomic E-state index is 12.0. The van der Waals surface area contributed by atoms with Gasteiger partial charge in [-0.3, -0.25) is 4.79 Å². The number of carbonyl (C=O) groups excluding carboxylic acids is 1. The quantitative estimate of drug-likeness (QED) is 0.832. The molecule has 0 fully saturated rings. The Morgan fingerprint density at radius 2 is 2.13 bits per heavy atom. The molecule has 0 aliphatic carbocycles. The molecule has 0 saturated carbocycles. The number of amides is 1. The van der Waals surface area contributed by atoms with Gasteiger partial charge in [-0.15, -0.1) is 23.7 Å². The topological polar surface area (TPSA) is 77.2 Å². The maximum Gasteiger partial charge on any atom is 0.230 e. The van der Waals surface area contributed by atoms with E-state index in [-0.39, 0.29) is 30.3 Å². The molecule has 0 saturated heterocycles. The van der Waals surface area contributed by atoms with Gasteiger partial charge < -0.3 is 15.8 Å². The molecule has 0 bridgehead atoms. The van der Waals surface area contributed by atoms with Gasteiger partial charge in [0.05, 0.1) is 23.7 Å². The summed E-state index contributed by atoms with van der Waals surface area (Å²) >= 11 is 7.47. The number of methoxy groups -OCH3 is 1. The second-order valence-corrected chi connectivity index (χ2v) is 6.29. The fourth-order valence-electron chi connectivity index (χ4n) is 1.75. The van der Waals surface area contributed by atoms with Gasteiger partial charge in [0.2, 0.25) is 5.91 Å². The van der Waals surface area contributed by atoms with Crippen molar-refractivity contribution in [2.24, 2.45) is 11.7 Å². The number of aromatic nitrogens is 1. The normalized spacial score (nSPS) is 12.9. The Hall–Kier alpha value is -1.34. The molecule has 2 unspecified atom stereocenters. The number of hydrogen-bond acceptors (Lipinski definition) is 5. The molecule has 3 N–H and O–H groups in total. The summed E-state index contributed by atoms with van der Waals surface area (Å²) in [5, 5.41) is 5.71. The molecule has 2 rings (SSSR count). The van der Waals surface area contributed by atoms with Crippen molar-refractivity contribution in [2.45, 2.75) is 19.9 Å². The van der Waals surface area contributed by atoms with Crippen molar-refractivity contribution in [1.29, 1.82) is 0 Å². The molecular formula is C15H19Cl2N3O2S. The number of nitrogens with zero attached hydrogens (tertiary/aromatic N) is 1. The first kappa shape index (κ1) is 19.7. The molecule has 2 atom stereocenters. The average Bonchev–Trinajstić information content (AvgIpc) is 2.94. The van der Waals surface area contributed by atoms with Crippen molar-refractivity contribution in [1.82, 2.24) is 4.98 Å². The lowest BCUT2D eigenvalue weighted by molar-refractivity contribution is -0.119. The van der Waals surface area contributed by atoms with Crippen LogP contribution in [0, 0.1) is 5.92 Å². The van der Waals surface area contributed by atoms with Crippen LogP contribution in [0.5, 0.6) is 5.75 Å². The van der Waals surface area contributed by atoms with E-state index in [1.165, 1.54) is 11.3 Å². The Morgan fingerprint density at radius 1 is 1.43 bits per heavy atom. The van der Waals surface area contributed by atoms with Gasteiger partial charge in [-0.25, -0.2) is 4.98 Å². The molecule has 0 radical (unpaired) electrons. The highest BCUT2D eigenvalue weighted by atomic mass is 35.5. The van der Waals surface area contributed by atoms with Crippen LogP contribution in [0.4, 0.5) is 5.13 Å². The van der Waals surface area contributed by atoms with Gasteiger partial charge in [-0.05, 0) is 25.1 Å². The fraction of sp³-hybridized carbons (Fsp3) is 0.333. The number of ether oxygens (including phenoxy) is 1. The SMILES string of the molecule is COc1ccc(-c2csc(NC(=O)C(C)C(C)N)n2)cc1Cl.Cl. The van der Waals surface area contributed by atoms with Crippen LogP contribution in [0.2, 0.25) is 5.02 Å². The van der Waals surface area contributed by atoms with Gasteiger partial charge in [-0.1, -0.05) is 18.5 Å². The van der Waals surface area contributed by atoms with Crippen LogP contribution in [0.15, 0.2) is 23.6 Å². The number of benzene rings is 1. The summed E-state index contributed by atoms with van der Waals surface area (Å²) < 4.78 is 5.12. The first-order chi connectivity index (χ1) is 10.4. The lowest BCUT2D eigenvalue weighted by Crippen LogP contribution is -2.34. The van der Waals surface area contributed by atoms with Gasteiger partial charge in [-0.2, -0.15) is 0 Å². The first-order valence-corrected chi connectivity index (χ1v) is 8.04. The third-order valence-electron chi connectivity index (χ3n) is 3.38. The van der Waals surface area contributed by atoms with Crippen LogP contribution in [0.25, 0.3) is 11.3 Å². The van der Waals surface area contributed by atoms with Crippen LogP contribution in [-0.2, 0) is 4.79 Å². The number of rotatable bonds is 5. The molecular weight excluding hydrogens is 357 g/mol. The summed E-state index contributed by atoms with van der Waals surface area (Å²) in [7, 11) is 1.57. The number of hydrogen-bond donors (Lipinski definition) is 2. The Kier molecular flexibility index (Phi) is 7.28. The van der Waals surface area contributed by atoms with E-state index in [0.29, 0.717) is 15.9 Å². The van der Waals surface area contributed by atoms with Crippen LogP contribution in [0.3, 0.4) is 0 Å². The zero-order chi connectivity index (χ0) is 16.3. The van der Waals surface area contributed by atoms with E-state index < -0.39 is 0 Å². The van der Waals surface area contributed by atoms with E-state index >= 15 is 0 Å². The first-order valence-electron chi connectivity index (χ1n) is 6.78. The Balaban J connectivity index is 0.00000264. The monoisotopic (exact) mass is 375 g/mol. The molecule has 23 heavy (non-hydrogen) atoms. The minimum absolute atomic E-state index is 0. The van der Waals surface area contributed by atoms with Crippen LogP contribution >= 0.6 is 35.3 Å². The Bertz CT molecular complexity index is 676. The summed E-state index contributed by atoms with van der Waals surface area (Å²) in [6, 6.07) is 5.23. The second-order valence-electron chi connectivity index (χ2n) is 5.02. The Morgan fingerprint density at radius 3 is 2.70 bits per heavy atom. The van der Waals surface area contributed by atoms with Gasteiger partial charge >= 0.3 is 0 Å². The summed E-state index contributed by atoms with van der Waals surface area (Å²) in [5.41, 5.74) is 7.34. The largest absolute Gasteiger partial charge is 0.495 e. The standard InChI is InChI=1S/C15H18ClN3O2S.ClH/c1-8(9(2)17)14(20)19-15-18-12(7-22-15)10-4-5-13(21-3)11(16)6-10;/h4-9H,17H2,1-3H3,(H,18,19,20);1H. The number of thiazole rings is 1. The zero-order valence-electron chi connectivity index (χ0n) is 13.0. The number of anilines is 1. The third-order valence-corrected chi connectivity index (χ3v) is 4.44. The summed E-state index contributed by atoms with van der Waals surface area (Å²) in [4.78, 5) is 16.4. The molecule has 0 spiro atoms. The molecule has 126 valence electrons. The molecule has 0 aliphatic heterocycles. The number of nitrogens with one attached hydrogen (secondary N) is 1. The van der Waals surface area contributed by atoms with E-state index in [4.69, 9.17) is 22.1 Å². The molecule has 1 aromatic carbocycles. The lowest BCUT2D eigenvalue weighted by Gasteiger charge is -2.13. The van der Waals surface area contributed by atoms with Crippen LogP contribution < -0.4 is 15.8 Å². The average molecular weight is 376 g/mol. The molecule has 0 aliphatic rings. The van der Waals surface area contributed by atoms with Crippen molar-refractivity contribution < 1.29 is 9.53 Å². The third kappa shape index (κ3) is 4.81. The number of nitrogens with two attached hydrogens (primary N) is 1. The van der Waals surface area contributed by atoms with Crippen molar-refractivity contribution >= 4 is 46.4 Å². The van der Waals surface area contributed by atoms with Gasteiger partial charge in [0, 0.05) is 17.0 Å². The van der Waals surface area contributed by atoms with E-state index in [9.17, 15) is 4.79 Å². The minimum Gasteiger partial charge on any atom is -0.495 e. The highest BCUT2D eigenvalue weighted by Crippen LogP contribution is 2.31. The number of halogens is 2. The zero-order valence-corrected chi connectivity index (χ0v) is 15.4. The molecule has 8 heteroatoms. The van der Waals surface area contributed by atoms with Crippen molar-refractivity contribution in [2.75, 3.05) is 12.4 Å². The molecule has 1 heterocycles. The van der Waals surface area contributed by atoms with E-state index in [1.807, 2.05) is 11.4 Å². The fourth-order valence-corrected chi connectivity index (χ4v) is 2.73. The molecule has 2 aromatic rings. The molecule has 1 amide bonds. The highest BCUT2D eigenvalue weighted by Gasteiger charge is 2.18. The van der Waals surface area contributed by atoms with Crippen molar-refractivity contribution in [3.8, 4) is 17.0 Å². The summed E-state index contributed by atoms with van der Waals surface area (Å²) in [6.45, 7) is 3.59. The van der Waals surface area contributed by atoms with E-state index in [2.05, 4.69) is 10.3 Å². The van der Waals surface area contributed by atoms with E-state index in [0.717, 1.165) is 11.3 Å². The smallest absolute Gasteiger partial charge is 0.230 e. The molecule has 1 aromatic heterocycles. The predicted octanol–water partition coefficient (Wildman–Crippen LogP) is 3.82. The van der Waals surface area contributed by atoms with Gasteiger partial charge in [0.1, 0.15) is 5.75 Å². The molecule has 5 nitrogen and oxygen atoms in total. The van der Waals surface area contributed by atoms with Gasteiger partial charge in [0.15, 0.2) is 5.13 Å². The second kappa shape index (κ2) is 8.49. The van der Waals surface area contributed by atoms with Gasteiger partial charge in [0.25, 0.3) is 0 Å². The van der Waals surface area contributed by atoms with Crippen LogP contribution in [0.1, 0.15) is 13.8 Å². The lowest BCUT2D eigenvalue weighted by atomic mass is 10.0. The highest BCUT2D eigenvalue weighted by molar-refractivity contribution is 7.14. The summed E-state index contributed by atoms with van der Waals surface area (Å²) in [6.07, 6.45) is 0. The maximum absolute atomic E-state index is 12.0. The van der Waals surface area contributed by atoms with Crippen LogP contribution in [-0.4, -0.2) is 24.0 Å². The van der Waals surface area contributed by atoms with E-state index in [1.54, 1.807) is 33.1 Å².